The predicted octanol–water partition coefficient (Wildman–Crippen LogP) is 3.22. The van der Waals surface area contributed by atoms with Gasteiger partial charge < -0.3 is 11.1 Å². The summed E-state index contributed by atoms with van der Waals surface area (Å²) in [6, 6.07) is 2.89. The van der Waals surface area contributed by atoms with Crippen LogP contribution in [0.3, 0.4) is 0 Å². The largest absolute Gasteiger partial charge is 0.378 e. The summed E-state index contributed by atoms with van der Waals surface area (Å²) in [6.07, 6.45) is 6.90. The summed E-state index contributed by atoms with van der Waals surface area (Å²) in [5, 5.41) is 14.5. The summed E-state index contributed by atoms with van der Waals surface area (Å²) < 4.78 is 0. The highest BCUT2D eigenvalue weighted by atomic mass is 35.5. The Morgan fingerprint density at radius 2 is 2.15 bits per heavy atom. The molecule has 1 aliphatic carbocycles. The van der Waals surface area contributed by atoms with Crippen LogP contribution in [0.2, 0.25) is 0 Å². The number of hydrogen-bond acceptors (Lipinski definition) is 5. The molecule has 0 unspecified atom stereocenters. The molecule has 1 aromatic heterocycles. The molecule has 0 bridgehead atoms. The Bertz CT molecular complexity index is 584. The Morgan fingerprint density at radius 3 is 2.80 bits per heavy atom. The summed E-state index contributed by atoms with van der Waals surface area (Å²) in [5.74, 6) is 0.430. The maximum Gasteiger partial charge on any atom is 0.311 e. The Morgan fingerprint density at radius 1 is 1.40 bits per heavy atom. The molecule has 6 nitrogen and oxygen atoms in total. The number of nitrogens with two attached hydrogens (primary N) is 1. The fraction of sp³-hybridized carbons (Fsp3) is 0.308. The van der Waals surface area contributed by atoms with E-state index in [2.05, 4.69) is 16.4 Å². The number of rotatable bonds is 5. The van der Waals surface area contributed by atoms with E-state index in [1.807, 2.05) is 6.08 Å². The third kappa shape index (κ3) is 3.48. The molecule has 1 heterocycles. The molecule has 0 saturated heterocycles. The topological polar surface area (TPSA) is 94.1 Å². The number of anilines is 2. The second-order valence-corrected chi connectivity index (χ2v) is 4.80. The molecule has 7 heteroatoms. The number of aromatic nitrogens is 1. The Kier molecular flexibility index (Phi) is 4.57. The van der Waals surface area contributed by atoms with Crippen molar-refractivity contribution >= 4 is 28.9 Å². The predicted molar refractivity (Wildman–Crippen MR) is 79.7 cm³/mol. The summed E-state index contributed by atoms with van der Waals surface area (Å²) >= 11 is 6.10. The summed E-state index contributed by atoms with van der Waals surface area (Å²) in [6.45, 7) is 0.639. The van der Waals surface area contributed by atoms with E-state index in [4.69, 9.17) is 17.3 Å². The standard InChI is InChI=1S/C13H15ClN4O2/c14-10-4-2-1-3-9(10)7-8-16-12-6-5-11(18(19)20)13(15)17-12/h3-6H,1-2,7-8H2,(H3,15,16,17). The molecule has 1 aromatic rings. The van der Waals surface area contributed by atoms with E-state index < -0.39 is 4.92 Å². The number of hydrogen-bond donors (Lipinski definition) is 2. The quantitative estimate of drug-likeness (QED) is 0.642. The normalized spacial score (nSPS) is 14.4. The zero-order valence-electron chi connectivity index (χ0n) is 10.8. The lowest BCUT2D eigenvalue weighted by Gasteiger charge is -2.12. The fourth-order valence-electron chi connectivity index (χ4n) is 1.96. The lowest BCUT2D eigenvalue weighted by Crippen LogP contribution is -2.07. The third-order valence-electron chi connectivity index (χ3n) is 2.99. The van der Waals surface area contributed by atoms with Crippen molar-refractivity contribution in [3.05, 3.63) is 45.0 Å². The Labute approximate surface area is 121 Å². The lowest BCUT2D eigenvalue weighted by molar-refractivity contribution is -0.384. The van der Waals surface area contributed by atoms with Crippen LogP contribution in [0, 0.1) is 10.1 Å². The average molecular weight is 295 g/mol. The van der Waals surface area contributed by atoms with Gasteiger partial charge in [0.05, 0.1) is 4.92 Å². The van der Waals surface area contributed by atoms with Crippen LogP contribution in [-0.2, 0) is 0 Å². The minimum absolute atomic E-state index is 0.0881. The average Bonchev–Trinajstić information content (AvgIpc) is 2.40. The number of halogens is 1. The number of nitrogen functional groups attached to an aromatic ring is 1. The van der Waals surface area contributed by atoms with Gasteiger partial charge in [0.1, 0.15) is 5.82 Å². The summed E-state index contributed by atoms with van der Waals surface area (Å²) in [7, 11) is 0. The van der Waals surface area contributed by atoms with Crippen molar-refractivity contribution < 1.29 is 4.92 Å². The van der Waals surface area contributed by atoms with Crippen LogP contribution in [0.15, 0.2) is 34.9 Å². The molecule has 0 radical (unpaired) electrons. The van der Waals surface area contributed by atoms with Gasteiger partial charge in [0.15, 0.2) is 0 Å². The van der Waals surface area contributed by atoms with Crippen molar-refractivity contribution in [1.29, 1.82) is 0 Å². The van der Waals surface area contributed by atoms with Gasteiger partial charge in [-0.25, -0.2) is 4.98 Å². The molecule has 0 saturated carbocycles. The first kappa shape index (κ1) is 14.3. The first-order valence-corrected chi connectivity index (χ1v) is 6.65. The van der Waals surface area contributed by atoms with Crippen molar-refractivity contribution in [1.82, 2.24) is 4.98 Å². The molecular formula is C13H15ClN4O2. The van der Waals surface area contributed by atoms with Crippen molar-refractivity contribution in [3.63, 3.8) is 0 Å². The molecule has 3 N–H and O–H groups in total. The van der Waals surface area contributed by atoms with Gasteiger partial charge in [-0.3, -0.25) is 10.1 Å². The SMILES string of the molecule is Nc1nc(NCCC2=CCCC=C2Cl)ccc1[N+](=O)[O-]. The van der Waals surface area contributed by atoms with Crippen LogP contribution in [0.1, 0.15) is 19.3 Å². The molecule has 0 atom stereocenters. The van der Waals surface area contributed by atoms with E-state index in [1.165, 1.54) is 6.07 Å². The monoisotopic (exact) mass is 294 g/mol. The molecule has 0 amide bonds. The van der Waals surface area contributed by atoms with Gasteiger partial charge in [0.25, 0.3) is 0 Å². The lowest BCUT2D eigenvalue weighted by atomic mass is 10.0. The van der Waals surface area contributed by atoms with Gasteiger partial charge in [-0.05, 0) is 30.9 Å². The highest BCUT2D eigenvalue weighted by Gasteiger charge is 2.12. The highest BCUT2D eigenvalue weighted by Crippen LogP contribution is 2.25. The third-order valence-corrected chi connectivity index (χ3v) is 3.38. The molecule has 2 rings (SSSR count). The van der Waals surface area contributed by atoms with Crippen molar-refractivity contribution in [2.75, 3.05) is 17.6 Å². The van der Waals surface area contributed by atoms with Crippen LogP contribution in [0.5, 0.6) is 0 Å². The van der Waals surface area contributed by atoms with E-state index in [1.54, 1.807) is 6.07 Å². The van der Waals surface area contributed by atoms with Gasteiger partial charge in [-0.1, -0.05) is 23.8 Å². The minimum Gasteiger partial charge on any atom is -0.378 e. The first-order chi connectivity index (χ1) is 9.58. The Balaban J connectivity index is 1.92. The van der Waals surface area contributed by atoms with E-state index in [9.17, 15) is 10.1 Å². The smallest absolute Gasteiger partial charge is 0.311 e. The van der Waals surface area contributed by atoms with E-state index in [0.717, 1.165) is 29.9 Å². The maximum atomic E-state index is 10.6. The zero-order chi connectivity index (χ0) is 14.5. The number of nitro groups is 1. The molecule has 0 aromatic carbocycles. The summed E-state index contributed by atoms with van der Waals surface area (Å²) in [4.78, 5) is 14.0. The number of allylic oxidation sites excluding steroid dienone is 3. The molecule has 0 aliphatic heterocycles. The maximum absolute atomic E-state index is 10.6. The molecular weight excluding hydrogens is 280 g/mol. The van der Waals surface area contributed by atoms with Crippen LogP contribution >= 0.6 is 11.6 Å². The second kappa shape index (κ2) is 6.38. The number of nitrogens with zero attached hydrogens (tertiary/aromatic N) is 2. The molecule has 0 spiro atoms. The van der Waals surface area contributed by atoms with E-state index >= 15 is 0 Å². The van der Waals surface area contributed by atoms with Gasteiger partial charge >= 0.3 is 5.69 Å². The number of pyridine rings is 1. The molecule has 106 valence electrons. The minimum atomic E-state index is -0.552. The van der Waals surface area contributed by atoms with Crippen molar-refractivity contribution in [2.45, 2.75) is 19.3 Å². The summed E-state index contributed by atoms with van der Waals surface area (Å²) in [5.41, 5.74) is 6.45. The van der Waals surface area contributed by atoms with E-state index in [0.29, 0.717) is 12.4 Å². The van der Waals surface area contributed by atoms with Crippen molar-refractivity contribution in [3.8, 4) is 0 Å². The zero-order valence-corrected chi connectivity index (χ0v) is 11.6. The van der Waals surface area contributed by atoms with Gasteiger partial charge in [-0.2, -0.15) is 0 Å². The van der Waals surface area contributed by atoms with Crippen LogP contribution in [0.4, 0.5) is 17.3 Å². The van der Waals surface area contributed by atoms with Crippen LogP contribution < -0.4 is 11.1 Å². The number of nitrogens with one attached hydrogen (secondary N) is 1. The molecule has 1 aliphatic rings. The molecule has 20 heavy (non-hydrogen) atoms. The van der Waals surface area contributed by atoms with E-state index in [-0.39, 0.29) is 11.5 Å². The van der Waals surface area contributed by atoms with Gasteiger partial charge in [-0.15, -0.1) is 0 Å². The molecule has 0 fully saturated rings. The fourth-order valence-corrected chi connectivity index (χ4v) is 2.24. The van der Waals surface area contributed by atoms with Gasteiger partial charge in [0.2, 0.25) is 5.82 Å². The Hall–Kier alpha value is -2.08. The van der Waals surface area contributed by atoms with Crippen molar-refractivity contribution in [2.24, 2.45) is 0 Å². The van der Waals surface area contributed by atoms with Crippen LogP contribution in [0.25, 0.3) is 0 Å². The second-order valence-electron chi connectivity index (χ2n) is 4.39. The van der Waals surface area contributed by atoms with Crippen LogP contribution in [-0.4, -0.2) is 16.5 Å². The first-order valence-electron chi connectivity index (χ1n) is 6.28. The highest BCUT2D eigenvalue weighted by molar-refractivity contribution is 6.32. The van der Waals surface area contributed by atoms with Gasteiger partial charge in [0, 0.05) is 17.6 Å².